The van der Waals surface area contributed by atoms with Gasteiger partial charge in [0.25, 0.3) is 0 Å². The van der Waals surface area contributed by atoms with Crippen molar-refractivity contribution in [2.45, 2.75) is 78.5 Å². The van der Waals surface area contributed by atoms with Crippen molar-refractivity contribution < 1.29 is 9.53 Å². The van der Waals surface area contributed by atoms with Crippen LogP contribution in [0.3, 0.4) is 0 Å². The van der Waals surface area contributed by atoms with Gasteiger partial charge in [0.2, 0.25) is 0 Å². The van der Waals surface area contributed by atoms with E-state index in [1.165, 1.54) is 0 Å². The molecule has 1 aliphatic carbocycles. The molecule has 4 nitrogen and oxygen atoms in total. The molecule has 0 aliphatic heterocycles. The molecule has 20 heavy (non-hydrogen) atoms. The van der Waals surface area contributed by atoms with Crippen LogP contribution in [0.5, 0.6) is 0 Å². The molecule has 1 aliphatic rings. The first-order chi connectivity index (χ1) is 9.20. The largest absolute Gasteiger partial charge is 0.444 e. The molecular formula is C16H32N2O2. The number of ether oxygens (including phenoxy) is 1. The van der Waals surface area contributed by atoms with Crippen molar-refractivity contribution in [1.82, 2.24) is 10.2 Å². The Morgan fingerprint density at radius 2 is 1.90 bits per heavy atom. The van der Waals surface area contributed by atoms with Crippen molar-refractivity contribution in [3.63, 3.8) is 0 Å². The maximum atomic E-state index is 12.2. The summed E-state index contributed by atoms with van der Waals surface area (Å²) < 4.78 is 5.48. The highest BCUT2D eigenvalue weighted by Crippen LogP contribution is 2.28. The Bertz CT molecular complexity index is 306. The summed E-state index contributed by atoms with van der Waals surface area (Å²) in [4.78, 5) is 14.1. The highest BCUT2D eigenvalue weighted by Gasteiger charge is 2.34. The average Bonchev–Trinajstić information content (AvgIpc) is 3.09. The van der Waals surface area contributed by atoms with Crippen molar-refractivity contribution >= 4 is 6.09 Å². The van der Waals surface area contributed by atoms with Gasteiger partial charge >= 0.3 is 6.09 Å². The Kier molecular flexibility index (Phi) is 6.31. The lowest BCUT2D eigenvalue weighted by atomic mass is 10.1. The summed E-state index contributed by atoms with van der Waals surface area (Å²) in [5.41, 5.74) is -0.408. The van der Waals surface area contributed by atoms with Crippen LogP contribution < -0.4 is 5.32 Å². The molecule has 4 heteroatoms. The predicted molar refractivity (Wildman–Crippen MR) is 82.9 cm³/mol. The van der Waals surface area contributed by atoms with E-state index in [1.807, 2.05) is 25.7 Å². The fourth-order valence-electron chi connectivity index (χ4n) is 1.94. The molecule has 1 saturated carbocycles. The number of carbonyl (C=O) groups excluding carboxylic acids is 1. The van der Waals surface area contributed by atoms with E-state index in [-0.39, 0.29) is 6.09 Å². The third kappa shape index (κ3) is 6.60. The first-order valence-corrected chi connectivity index (χ1v) is 7.93. The van der Waals surface area contributed by atoms with Gasteiger partial charge in [0.05, 0.1) is 0 Å². The Morgan fingerprint density at radius 1 is 1.30 bits per heavy atom. The topological polar surface area (TPSA) is 41.6 Å². The van der Waals surface area contributed by atoms with E-state index in [9.17, 15) is 4.79 Å². The van der Waals surface area contributed by atoms with Gasteiger partial charge in [0.1, 0.15) is 5.60 Å². The summed E-state index contributed by atoms with van der Waals surface area (Å²) in [5.74, 6) is 0.639. The van der Waals surface area contributed by atoms with Crippen LogP contribution >= 0.6 is 0 Å². The third-order valence-corrected chi connectivity index (χ3v) is 3.66. The molecular weight excluding hydrogens is 252 g/mol. The number of carbonyl (C=O) groups is 1. The summed E-state index contributed by atoms with van der Waals surface area (Å²) in [5, 5.41) is 3.51. The van der Waals surface area contributed by atoms with Gasteiger partial charge in [-0.1, -0.05) is 13.8 Å². The van der Waals surface area contributed by atoms with Gasteiger partial charge < -0.3 is 15.0 Å². The number of nitrogens with one attached hydrogen (secondary N) is 1. The second-order valence-corrected chi connectivity index (χ2v) is 7.25. The average molecular weight is 284 g/mol. The minimum atomic E-state index is -0.408. The molecule has 1 fully saturated rings. The SMILES string of the molecule is CC(C)C(C)NCCCN(C(=O)OC(C)(C)C)C1CC1. The van der Waals surface area contributed by atoms with Crippen LogP contribution in [-0.4, -0.2) is 41.8 Å². The van der Waals surface area contributed by atoms with Crippen LogP contribution in [-0.2, 0) is 4.74 Å². The number of nitrogens with zero attached hydrogens (tertiary/aromatic N) is 1. The van der Waals surface area contributed by atoms with Crippen molar-refractivity contribution in [3.05, 3.63) is 0 Å². The zero-order valence-corrected chi connectivity index (χ0v) is 14.0. The van der Waals surface area contributed by atoms with Gasteiger partial charge in [-0.15, -0.1) is 0 Å². The Labute approximate surface area is 124 Å². The van der Waals surface area contributed by atoms with E-state index >= 15 is 0 Å². The Morgan fingerprint density at radius 3 is 2.35 bits per heavy atom. The van der Waals surface area contributed by atoms with Gasteiger partial charge in [-0.25, -0.2) is 4.79 Å². The quantitative estimate of drug-likeness (QED) is 0.728. The predicted octanol–water partition coefficient (Wildman–Crippen LogP) is 3.41. The van der Waals surface area contributed by atoms with E-state index in [2.05, 4.69) is 26.1 Å². The smallest absolute Gasteiger partial charge is 0.410 e. The molecule has 118 valence electrons. The van der Waals surface area contributed by atoms with Crippen molar-refractivity contribution in [2.75, 3.05) is 13.1 Å². The lowest BCUT2D eigenvalue weighted by molar-refractivity contribution is 0.0231. The van der Waals surface area contributed by atoms with Gasteiger partial charge in [-0.2, -0.15) is 0 Å². The van der Waals surface area contributed by atoms with Gasteiger partial charge in [-0.3, -0.25) is 0 Å². The Balaban J connectivity index is 2.31. The fraction of sp³-hybridized carbons (Fsp3) is 0.938. The molecule has 1 N–H and O–H groups in total. The summed E-state index contributed by atoms with van der Waals surface area (Å²) >= 11 is 0. The molecule has 0 radical (unpaired) electrons. The van der Waals surface area contributed by atoms with Crippen molar-refractivity contribution in [1.29, 1.82) is 0 Å². The lowest BCUT2D eigenvalue weighted by Crippen LogP contribution is -2.40. The van der Waals surface area contributed by atoms with Gasteiger partial charge in [0, 0.05) is 18.6 Å². The van der Waals surface area contributed by atoms with E-state index in [0.717, 1.165) is 32.4 Å². The molecule has 0 aromatic rings. The molecule has 1 amide bonds. The first kappa shape index (κ1) is 17.3. The number of amides is 1. The van der Waals surface area contributed by atoms with Crippen LogP contribution in [0.15, 0.2) is 0 Å². The number of rotatable bonds is 7. The van der Waals surface area contributed by atoms with Crippen LogP contribution in [0.25, 0.3) is 0 Å². The summed E-state index contributed by atoms with van der Waals surface area (Å²) in [6, 6.07) is 0.929. The molecule has 1 atom stereocenters. The summed E-state index contributed by atoms with van der Waals surface area (Å²) in [6.07, 6.45) is 3.06. The van der Waals surface area contributed by atoms with Gasteiger partial charge in [0.15, 0.2) is 0 Å². The van der Waals surface area contributed by atoms with E-state index in [4.69, 9.17) is 4.74 Å². The maximum absolute atomic E-state index is 12.2. The third-order valence-electron chi connectivity index (χ3n) is 3.66. The zero-order chi connectivity index (χ0) is 15.3. The first-order valence-electron chi connectivity index (χ1n) is 7.93. The van der Waals surface area contributed by atoms with Crippen molar-refractivity contribution in [2.24, 2.45) is 5.92 Å². The minimum absolute atomic E-state index is 0.156. The monoisotopic (exact) mass is 284 g/mol. The summed E-state index contributed by atoms with van der Waals surface area (Å²) in [6.45, 7) is 14.1. The van der Waals surface area contributed by atoms with E-state index in [1.54, 1.807) is 0 Å². The minimum Gasteiger partial charge on any atom is -0.444 e. The second-order valence-electron chi connectivity index (χ2n) is 7.25. The molecule has 0 aromatic carbocycles. The van der Waals surface area contributed by atoms with Crippen molar-refractivity contribution in [3.8, 4) is 0 Å². The van der Waals surface area contributed by atoms with Crippen LogP contribution in [0.4, 0.5) is 4.79 Å². The molecule has 0 saturated heterocycles. The molecule has 1 unspecified atom stereocenters. The summed E-state index contributed by atoms with van der Waals surface area (Å²) in [7, 11) is 0. The zero-order valence-electron chi connectivity index (χ0n) is 14.0. The molecule has 1 rings (SSSR count). The standard InChI is InChI=1S/C16H32N2O2/c1-12(2)13(3)17-10-7-11-18(14-8-9-14)15(19)20-16(4,5)6/h12-14,17H,7-11H2,1-6H3. The van der Waals surface area contributed by atoms with Gasteiger partial charge in [-0.05, 0) is 59.4 Å². The van der Waals surface area contributed by atoms with Crippen LogP contribution in [0.1, 0.15) is 60.8 Å². The van der Waals surface area contributed by atoms with E-state index < -0.39 is 5.60 Å². The molecule has 0 bridgehead atoms. The highest BCUT2D eigenvalue weighted by molar-refractivity contribution is 5.69. The molecule has 0 heterocycles. The normalized spacial score (nSPS) is 17.1. The second kappa shape index (κ2) is 7.30. The van der Waals surface area contributed by atoms with Crippen LogP contribution in [0.2, 0.25) is 0 Å². The molecule has 0 spiro atoms. The van der Waals surface area contributed by atoms with Crippen LogP contribution in [0, 0.1) is 5.92 Å². The number of hydrogen-bond acceptors (Lipinski definition) is 3. The Hall–Kier alpha value is -0.770. The highest BCUT2D eigenvalue weighted by atomic mass is 16.6. The lowest BCUT2D eigenvalue weighted by Gasteiger charge is -2.27. The van der Waals surface area contributed by atoms with E-state index in [0.29, 0.717) is 18.0 Å². The fourth-order valence-corrected chi connectivity index (χ4v) is 1.94. The number of hydrogen-bond donors (Lipinski definition) is 1. The maximum Gasteiger partial charge on any atom is 0.410 e. The molecule has 0 aromatic heterocycles.